The molecule has 126 valence electrons. The van der Waals surface area contributed by atoms with E-state index in [1.165, 1.54) is 11.8 Å². The van der Waals surface area contributed by atoms with Gasteiger partial charge in [-0.15, -0.1) is 11.8 Å². The van der Waals surface area contributed by atoms with Crippen molar-refractivity contribution >= 4 is 23.7 Å². The molecular weight excluding hydrogens is 338 g/mol. The van der Waals surface area contributed by atoms with Gasteiger partial charge in [-0.2, -0.15) is 0 Å². The summed E-state index contributed by atoms with van der Waals surface area (Å²) < 4.78 is 1.70. The van der Waals surface area contributed by atoms with Gasteiger partial charge in [-0.1, -0.05) is 48.5 Å². The quantitative estimate of drug-likeness (QED) is 0.670. The minimum atomic E-state index is -1.26. The monoisotopic (exact) mass is 353 g/mol. The summed E-state index contributed by atoms with van der Waals surface area (Å²) in [6.07, 6.45) is 1.74. The number of nitrogens with zero attached hydrogens (tertiary/aromatic N) is 1. The highest BCUT2D eigenvalue weighted by atomic mass is 32.2. The molecule has 3 rings (SSSR count). The summed E-state index contributed by atoms with van der Waals surface area (Å²) in [5.74, 6) is -2.52. The Kier molecular flexibility index (Phi) is 4.63. The van der Waals surface area contributed by atoms with Crippen LogP contribution in [-0.4, -0.2) is 33.0 Å². The van der Waals surface area contributed by atoms with Crippen LogP contribution in [-0.2, 0) is 0 Å². The van der Waals surface area contributed by atoms with Gasteiger partial charge in [0.05, 0.1) is 10.7 Å². The predicted octanol–water partition coefficient (Wildman–Crippen LogP) is 4.26. The minimum Gasteiger partial charge on any atom is -0.478 e. The fourth-order valence-corrected chi connectivity index (χ4v) is 3.62. The second-order valence-electron chi connectivity index (χ2n) is 5.26. The Hall–Kier alpha value is -2.99. The first kappa shape index (κ1) is 16.9. The fourth-order valence-electron chi connectivity index (χ4n) is 2.84. The molecule has 2 N–H and O–H groups in total. The molecule has 1 heterocycles. The van der Waals surface area contributed by atoms with Crippen molar-refractivity contribution in [1.82, 2.24) is 4.57 Å². The van der Waals surface area contributed by atoms with Crippen LogP contribution >= 0.6 is 11.8 Å². The number of aromatic carboxylic acids is 2. The minimum absolute atomic E-state index is 0.192. The van der Waals surface area contributed by atoms with Crippen molar-refractivity contribution in [2.75, 3.05) is 6.26 Å². The Labute approximate surface area is 148 Å². The van der Waals surface area contributed by atoms with Crippen LogP contribution < -0.4 is 0 Å². The van der Waals surface area contributed by atoms with Crippen molar-refractivity contribution in [3.63, 3.8) is 0 Å². The fraction of sp³-hybridized carbons (Fsp3) is 0.0526. The van der Waals surface area contributed by atoms with Gasteiger partial charge in [0.25, 0.3) is 0 Å². The van der Waals surface area contributed by atoms with Crippen molar-refractivity contribution in [1.29, 1.82) is 0 Å². The van der Waals surface area contributed by atoms with Crippen molar-refractivity contribution in [2.45, 2.75) is 5.03 Å². The Bertz CT molecular complexity index is 933. The van der Waals surface area contributed by atoms with Crippen LogP contribution in [0, 0.1) is 0 Å². The summed E-state index contributed by atoms with van der Waals surface area (Å²) in [4.78, 5) is 23.8. The molecule has 6 heteroatoms. The average Bonchev–Trinajstić information content (AvgIpc) is 2.98. The highest BCUT2D eigenvalue weighted by Crippen LogP contribution is 2.38. The first-order valence-electron chi connectivity index (χ1n) is 7.46. The summed E-state index contributed by atoms with van der Waals surface area (Å²) in [6.45, 7) is 0. The summed E-state index contributed by atoms with van der Waals surface area (Å²) in [6, 6.07) is 18.1. The van der Waals surface area contributed by atoms with Gasteiger partial charge >= 0.3 is 11.9 Å². The van der Waals surface area contributed by atoms with E-state index < -0.39 is 11.9 Å². The first-order valence-corrected chi connectivity index (χ1v) is 8.68. The molecule has 0 atom stereocenters. The molecule has 3 aromatic rings. The van der Waals surface area contributed by atoms with Gasteiger partial charge in [0.1, 0.15) is 11.1 Å². The number of carboxylic acids is 2. The number of para-hydroxylation sites is 1. The number of rotatable bonds is 5. The van der Waals surface area contributed by atoms with Gasteiger partial charge in [0.15, 0.2) is 0 Å². The molecule has 0 amide bonds. The number of thioether (sulfide) groups is 1. The maximum Gasteiger partial charge on any atom is 0.339 e. The van der Waals surface area contributed by atoms with Crippen LogP contribution in [0.5, 0.6) is 0 Å². The van der Waals surface area contributed by atoms with E-state index in [0.29, 0.717) is 22.0 Å². The lowest BCUT2D eigenvalue weighted by atomic mass is 10.0. The first-order chi connectivity index (χ1) is 12.1. The number of hydrogen-bond acceptors (Lipinski definition) is 3. The van der Waals surface area contributed by atoms with E-state index in [1.54, 1.807) is 35.1 Å². The van der Waals surface area contributed by atoms with E-state index in [4.69, 9.17) is 0 Å². The number of aromatic nitrogens is 1. The summed E-state index contributed by atoms with van der Waals surface area (Å²) >= 11 is 1.21. The second kappa shape index (κ2) is 6.86. The van der Waals surface area contributed by atoms with Crippen molar-refractivity contribution in [2.24, 2.45) is 0 Å². The number of benzene rings is 2. The van der Waals surface area contributed by atoms with Crippen LogP contribution in [0.3, 0.4) is 0 Å². The Morgan fingerprint density at radius 2 is 1.36 bits per heavy atom. The molecule has 5 nitrogen and oxygen atoms in total. The van der Waals surface area contributed by atoms with Crippen molar-refractivity contribution < 1.29 is 19.8 Å². The molecule has 0 saturated heterocycles. The molecule has 0 unspecified atom stereocenters. The van der Waals surface area contributed by atoms with Crippen molar-refractivity contribution in [3.8, 4) is 16.9 Å². The Morgan fingerprint density at radius 1 is 0.840 bits per heavy atom. The standard InChI is InChI=1S/C19H15NO4S/c1-25-17-15(19(23)24)14(18(21)22)16(12-8-4-2-5-9-12)20(17)13-10-6-3-7-11-13/h2-11H,1H3,(H,21,22)(H,23,24). The zero-order valence-electron chi connectivity index (χ0n) is 13.3. The summed E-state index contributed by atoms with van der Waals surface area (Å²) in [5, 5.41) is 19.8. The van der Waals surface area contributed by atoms with Crippen LogP contribution in [0.25, 0.3) is 16.9 Å². The lowest BCUT2D eigenvalue weighted by molar-refractivity contribution is 0.0650. The van der Waals surface area contributed by atoms with E-state index >= 15 is 0 Å². The lowest BCUT2D eigenvalue weighted by Gasteiger charge is -2.13. The molecule has 25 heavy (non-hydrogen) atoms. The highest BCUT2D eigenvalue weighted by molar-refractivity contribution is 7.98. The van der Waals surface area contributed by atoms with Gasteiger partial charge in [-0.05, 0) is 24.0 Å². The molecule has 0 saturated carbocycles. The van der Waals surface area contributed by atoms with E-state index in [2.05, 4.69) is 0 Å². The van der Waals surface area contributed by atoms with E-state index in [-0.39, 0.29) is 11.1 Å². The highest BCUT2D eigenvalue weighted by Gasteiger charge is 2.32. The molecule has 0 aliphatic rings. The third-order valence-electron chi connectivity index (χ3n) is 3.81. The molecule has 1 aromatic heterocycles. The zero-order valence-corrected chi connectivity index (χ0v) is 14.2. The number of carbonyl (C=O) groups is 2. The van der Waals surface area contributed by atoms with Gasteiger partial charge in [0.2, 0.25) is 0 Å². The normalized spacial score (nSPS) is 10.6. The second-order valence-corrected chi connectivity index (χ2v) is 6.05. The number of hydrogen-bond donors (Lipinski definition) is 2. The van der Waals surface area contributed by atoms with Crippen LogP contribution in [0.1, 0.15) is 20.7 Å². The van der Waals surface area contributed by atoms with E-state index in [1.807, 2.05) is 36.4 Å². The molecule has 0 fully saturated rings. The van der Waals surface area contributed by atoms with E-state index in [9.17, 15) is 19.8 Å². The molecule has 2 aromatic carbocycles. The lowest BCUT2D eigenvalue weighted by Crippen LogP contribution is -2.07. The van der Waals surface area contributed by atoms with Crippen molar-refractivity contribution in [3.05, 3.63) is 71.8 Å². The van der Waals surface area contributed by atoms with Gasteiger partial charge in [-0.25, -0.2) is 9.59 Å². The molecule has 0 bridgehead atoms. The maximum absolute atomic E-state index is 11.9. The van der Waals surface area contributed by atoms with Crippen LogP contribution in [0.15, 0.2) is 65.7 Å². The molecule has 0 aliphatic carbocycles. The largest absolute Gasteiger partial charge is 0.478 e. The van der Waals surface area contributed by atoms with Gasteiger partial charge < -0.3 is 14.8 Å². The Morgan fingerprint density at radius 3 is 1.84 bits per heavy atom. The topological polar surface area (TPSA) is 79.5 Å². The van der Waals surface area contributed by atoms with E-state index in [0.717, 1.165) is 0 Å². The maximum atomic E-state index is 11.9. The van der Waals surface area contributed by atoms with Crippen LogP contribution in [0.4, 0.5) is 0 Å². The zero-order chi connectivity index (χ0) is 18.0. The summed E-state index contributed by atoms with van der Waals surface area (Å²) in [5.41, 5.74) is 1.32. The molecule has 0 radical (unpaired) electrons. The molecule has 0 spiro atoms. The SMILES string of the molecule is CSc1c(C(=O)O)c(C(=O)O)c(-c2ccccc2)n1-c1ccccc1. The summed E-state index contributed by atoms with van der Waals surface area (Å²) in [7, 11) is 0. The Balaban J connectivity index is 2.50. The third kappa shape index (κ3) is 2.92. The molecule has 0 aliphatic heterocycles. The van der Waals surface area contributed by atoms with Crippen LogP contribution in [0.2, 0.25) is 0 Å². The average molecular weight is 353 g/mol. The third-order valence-corrected chi connectivity index (χ3v) is 4.58. The smallest absolute Gasteiger partial charge is 0.339 e. The number of carboxylic acid groups (broad SMARTS) is 2. The predicted molar refractivity (Wildman–Crippen MR) is 96.9 cm³/mol. The van der Waals surface area contributed by atoms with Gasteiger partial charge in [-0.3, -0.25) is 0 Å². The van der Waals surface area contributed by atoms with Gasteiger partial charge in [0, 0.05) is 5.69 Å². The molecular formula is C19H15NO4S.